The zero-order valence-electron chi connectivity index (χ0n) is 11.3. The Hall–Kier alpha value is -1.46. The maximum Gasteiger partial charge on any atom is 0.231 e. The second kappa shape index (κ2) is 5.67. The zero-order valence-corrected chi connectivity index (χ0v) is 11.3. The summed E-state index contributed by atoms with van der Waals surface area (Å²) in [4.78, 5) is 2.48. The average Bonchev–Trinajstić information content (AvgIpc) is 2.93. The van der Waals surface area contributed by atoms with Crippen molar-refractivity contribution in [2.24, 2.45) is 0 Å². The van der Waals surface area contributed by atoms with Gasteiger partial charge in [0, 0.05) is 32.7 Å². The largest absolute Gasteiger partial charge is 0.493 e. The molecular weight excluding hydrogens is 244 g/mol. The van der Waals surface area contributed by atoms with E-state index in [1.807, 2.05) is 0 Å². The molecule has 1 N–H and O–H groups in total. The lowest BCUT2D eigenvalue weighted by molar-refractivity contribution is 0.171. The van der Waals surface area contributed by atoms with Crippen molar-refractivity contribution >= 4 is 0 Å². The van der Waals surface area contributed by atoms with Crippen molar-refractivity contribution < 1.29 is 14.2 Å². The Kier molecular flexibility index (Phi) is 3.75. The van der Waals surface area contributed by atoms with E-state index in [0.29, 0.717) is 0 Å². The predicted molar refractivity (Wildman–Crippen MR) is 72.1 cm³/mol. The van der Waals surface area contributed by atoms with E-state index in [4.69, 9.17) is 14.2 Å². The molecule has 0 bridgehead atoms. The minimum absolute atomic E-state index is 0.285. The third-order valence-electron chi connectivity index (χ3n) is 3.64. The summed E-state index contributed by atoms with van der Waals surface area (Å²) in [6.07, 6.45) is 1.01. The van der Waals surface area contributed by atoms with E-state index in [1.54, 1.807) is 7.11 Å². The predicted octanol–water partition coefficient (Wildman–Crippen LogP) is 0.872. The number of benzene rings is 1. The molecule has 0 amide bonds. The van der Waals surface area contributed by atoms with Crippen LogP contribution in [0.25, 0.3) is 0 Å². The van der Waals surface area contributed by atoms with Crippen molar-refractivity contribution in [3.63, 3.8) is 0 Å². The lowest BCUT2D eigenvalue weighted by Crippen LogP contribution is -2.44. The Morgan fingerprint density at radius 3 is 2.89 bits per heavy atom. The van der Waals surface area contributed by atoms with Gasteiger partial charge < -0.3 is 24.4 Å². The Balaban J connectivity index is 1.67. The third kappa shape index (κ3) is 2.77. The SMILES string of the molecule is COc1cc(CCN2CCNCC2)cc2c1OCO2. The fourth-order valence-corrected chi connectivity index (χ4v) is 2.55. The summed E-state index contributed by atoms with van der Waals surface area (Å²) in [5, 5.41) is 3.37. The maximum absolute atomic E-state index is 5.45. The number of nitrogens with one attached hydrogen (secondary N) is 1. The molecule has 2 aliphatic heterocycles. The van der Waals surface area contributed by atoms with E-state index in [-0.39, 0.29) is 6.79 Å². The van der Waals surface area contributed by atoms with Crippen molar-refractivity contribution in [3.05, 3.63) is 17.7 Å². The van der Waals surface area contributed by atoms with Crippen LogP contribution in [0.1, 0.15) is 5.56 Å². The first-order valence-electron chi connectivity index (χ1n) is 6.76. The Morgan fingerprint density at radius 1 is 1.26 bits per heavy atom. The van der Waals surface area contributed by atoms with Crippen LogP contribution in [0, 0.1) is 0 Å². The molecule has 0 unspecified atom stereocenters. The third-order valence-corrected chi connectivity index (χ3v) is 3.64. The Labute approximate surface area is 113 Å². The lowest BCUT2D eigenvalue weighted by Gasteiger charge is -2.27. The number of methoxy groups -OCH3 is 1. The topological polar surface area (TPSA) is 43.0 Å². The van der Waals surface area contributed by atoms with Crippen LogP contribution < -0.4 is 19.5 Å². The standard InChI is InChI=1S/C14H20N2O3/c1-17-12-8-11(9-13-14(12)19-10-18-13)2-5-16-6-3-15-4-7-16/h8-9,15H,2-7,10H2,1H3. The highest BCUT2D eigenvalue weighted by atomic mass is 16.7. The second-order valence-electron chi connectivity index (χ2n) is 4.87. The van der Waals surface area contributed by atoms with E-state index < -0.39 is 0 Å². The van der Waals surface area contributed by atoms with Crippen LogP contribution in [0.4, 0.5) is 0 Å². The number of fused-ring (bicyclic) bond motifs is 1. The molecule has 0 radical (unpaired) electrons. The molecule has 1 aromatic carbocycles. The second-order valence-corrected chi connectivity index (χ2v) is 4.87. The highest BCUT2D eigenvalue weighted by molar-refractivity contribution is 5.55. The molecule has 1 fully saturated rings. The van der Waals surface area contributed by atoms with Crippen molar-refractivity contribution in [2.45, 2.75) is 6.42 Å². The van der Waals surface area contributed by atoms with Gasteiger partial charge in [0.2, 0.25) is 12.5 Å². The molecule has 2 aliphatic rings. The minimum Gasteiger partial charge on any atom is -0.493 e. The number of ether oxygens (including phenoxy) is 3. The molecule has 0 atom stereocenters. The fourth-order valence-electron chi connectivity index (χ4n) is 2.55. The summed E-state index contributed by atoms with van der Waals surface area (Å²) in [5.74, 6) is 2.30. The molecule has 5 heteroatoms. The summed E-state index contributed by atoms with van der Waals surface area (Å²) in [7, 11) is 1.66. The van der Waals surface area contributed by atoms with Gasteiger partial charge >= 0.3 is 0 Å². The lowest BCUT2D eigenvalue weighted by atomic mass is 10.1. The summed E-state index contributed by atoms with van der Waals surface area (Å²) in [6, 6.07) is 4.11. The van der Waals surface area contributed by atoms with Crippen molar-refractivity contribution in [1.29, 1.82) is 0 Å². The quantitative estimate of drug-likeness (QED) is 0.874. The molecule has 1 saturated heterocycles. The molecule has 0 spiro atoms. The smallest absolute Gasteiger partial charge is 0.231 e. The number of hydrogen-bond donors (Lipinski definition) is 1. The number of nitrogens with zero attached hydrogens (tertiary/aromatic N) is 1. The molecule has 104 valence electrons. The van der Waals surface area contributed by atoms with Gasteiger partial charge in [0.25, 0.3) is 0 Å². The van der Waals surface area contributed by atoms with Gasteiger partial charge in [0.05, 0.1) is 7.11 Å². The number of hydrogen-bond acceptors (Lipinski definition) is 5. The van der Waals surface area contributed by atoms with Gasteiger partial charge in [-0.25, -0.2) is 0 Å². The summed E-state index contributed by atoms with van der Waals surface area (Å²) < 4.78 is 16.2. The van der Waals surface area contributed by atoms with Gasteiger partial charge in [-0.3, -0.25) is 0 Å². The molecule has 5 nitrogen and oxygen atoms in total. The fraction of sp³-hybridized carbons (Fsp3) is 0.571. The summed E-state index contributed by atoms with van der Waals surface area (Å²) in [6.45, 7) is 5.79. The number of piperazine rings is 1. The first kappa shape index (κ1) is 12.6. The highest BCUT2D eigenvalue weighted by Crippen LogP contribution is 2.41. The number of rotatable bonds is 4. The summed E-state index contributed by atoms with van der Waals surface area (Å²) >= 11 is 0. The Morgan fingerprint density at radius 2 is 2.11 bits per heavy atom. The molecule has 0 saturated carbocycles. The van der Waals surface area contributed by atoms with E-state index in [9.17, 15) is 0 Å². The molecule has 19 heavy (non-hydrogen) atoms. The van der Waals surface area contributed by atoms with Gasteiger partial charge in [0.1, 0.15) is 0 Å². The van der Waals surface area contributed by atoms with Crippen molar-refractivity contribution in [3.8, 4) is 17.2 Å². The van der Waals surface area contributed by atoms with Crippen LogP contribution in [0.2, 0.25) is 0 Å². The first-order chi connectivity index (χ1) is 9.36. The van der Waals surface area contributed by atoms with Gasteiger partial charge in [-0.2, -0.15) is 0 Å². The van der Waals surface area contributed by atoms with Crippen LogP contribution in [-0.2, 0) is 6.42 Å². The Bertz CT molecular complexity index is 445. The van der Waals surface area contributed by atoms with E-state index in [0.717, 1.165) is 56.4 Å². The van der Waals surface area contributed by atoms with Gasteiger partial charge in [0.15, 0.2) is 11.5 Å². The molecule has 3 rings (SSSR count). The van der Waals surface area contributed by atoms with E-state index >= 15 is 0 Å². The van der Waals surface area contributed by atoms with Crippen LogP contribution >= 0.6 is 0 Å². The van der Waals surface area contributed by atoms with Crippen molar-refractivity contribution in [1.82, 2.24) is 10.2 Å². The van der Waals surface area contributed by atoms with E-state index in [2.05, 4.69) is 22.3 Å². The van der Waals surface area contributed by atoms with E-state index in [1.165, 1.54) is 5.56 Å². The van der Waals surface area contributed by atoms with Gasteiger partial charge in [-0.05, 0) is 24.1 Å². The minimum atomic E-state index is 0.285. The molecular formula is C14H20N2O3. The van der Waals surface area contributed by atoms with Gasteiger partial charge in [-0.1, -0.05) is 0 Å². The normalized spacial score (nSPS) is 18.6. The van der Waals surface area contributed by atoms with Gasteiger partial charge in [-0.15, -0.1) is 0 Å². The monoisotopic (exact) mass is 264 g/mol. The molecule has 2 heterocycles. The molecule has 0 aliphatic carbocycles. The van der Waals surface area contributed by atoms with Crippen LogP contribution in [0.5, 0.6) is 17.2 Å². The van der Waals surface area contributed by atoms with Crippen LogP contribution in [-0.4, -0.2) is 51.5 Å². The average molecular weight is 264 g/mol. The van der Waals surface area contributed by atoms with Crippen LogP contribution in [0.3, 0.4) is 0 Å². The summed E-state index contributed by atoms with van der Waals surface area (Å²) in [5.41, 5.74) is 1.24. The maximum atomic E-state index is 5.45. The highest BCUT2D eigenvalue weighted by Gasteiger charge is 2.20. The van der Waals surface area contributed by atoms with Crippen LogP contribution in [0.15, 0.2) is 12.1 Å². The molecule has 1 aromatic rings. The van der Waals surface area contributed by atoms with Crippen molar-refractivity contribution in [2.75, 3.05) is 46.6 Å². The molecule has 0 aromatic heterocycles. The zero-order chi connectivity index (χ0) is 13.1. The first-order valence-corrected chi connectivity index (χ1v) is 6.76.